The van der Waals surface area contributed by atoms with Gasteiger partial charge in [-0.1, -0.05) is 12.0 Å². The summed E-state index contributed by atoms with van der Waals surface area (Å²) in [5, 5.41) is 8.62. The van der Waals surface area contributed by atoms with Crippen molar-refractivity contribution >= 4 is 5.97 Å². The first-order valence-corrected chi connectivity index (χ1v) is 3.62. The Hall–Kier alpha value is -1.23. The van der Waals surface area contributed by atoms with Crippen LogP contribution in [-0.2, 0) is 4.79 Å². The van der Waals surface area contributed by atoms with E-state index in [1.165, 1.54) is 0 Å². The molecule has 1 N–H and O–H groups in total. The van der Waals surface area contributed by atoms with Gasteiger partial charge in [-0.25, -0.2) is 0 Å². The second kappa shape index (κ2) is 3.25. The van der Waals surface area contributed by atoms with Crippen molar-refractivity contribution in [3.63, 3.8) is 0 Å². The van der Waals surface area contributed by atoms with Crippen molar-refractivity contribution in [2.75, 3.05) is 0 Å². The predicted octanol–water partition coefficient (Wildman–Crippen LogP) is 1.43. The number of carboxylic acid groups (broad SMARTS) is 1. The van der Waals surface area contributed by atoms with Crippen LogP contribution < -0.4 is 0 Å². The van der Waals surface area contributed by atoms with Crippen molar-refractivity contribution in [2.24, 2.45) is 5.92 Å². The number of terminal acetylenes is 1. The highest BCUT2D eigenvalue weighted by Crippen LogP contribution is 2.22. The van der Waals surface area contributed by atoms with Crippen molar-refractivity contribution in [2.45, 2.75) is 19.3 Å². The highest BCUT2D eigenvalue weighted by Gasteiger charge is 2.19. The summed E-state index contributed by atoms with van der Waals surface area (Å²) < 4.78 is 0. The van der Waals surface area contributed by atoms with E-state index in [1.807, 2.05) is 6.08 Å². The summed E-state index contributed by atoms with van der Waals surface area (Å²) in [7, 11) is 0. The topological polar surface area (TPSA) is 37.3 Å². The van der Waals surface area contributed by atoms with Crippen molar-refractivity contribution in [3.05, 3.63) is 11.6 Å². The molecular formula is C9H10O2. The smallest absolute Gasteiger partial charge is 0.306 e. The van der Waals surface area contributed by atoms with Crippen molar-refractivity contribution in [1.82, 2.24) is 0 Å². The maximum absolute atomic E-state index is 10.5. The van der Waals surface area contributed by atoms with Crippen LogP contribution in [0.25, 0.3) is 0 Å². The third-order valence-electron chi connectivity index (χ3n) is 1.95. The first-order valence-electron chi connectivity index (χ1n) is 3.62. The molecule has 58 valence electrons. The minimum absolute atomic E-state index is 0.216. The van der Waals surface area contributed by atoms with Gasteiger partial charge in [-0.2, -0.15) is 0 Å². The fourth-order valence-electron chi connectivity index (χ4n) is 1.19. The Balaban J connectivity index is 2.56. The minimum Gasteiger partial charge on any atom is -0.481 e. The number of carbonyl (C=O) groups is 1. The summed E-state index contributed by atoms with van der Waals surface area (Å²) in [6, 6.07) is 0. The lowest BCUT2D eigenvalue weighted by Gasteiger charge is -2.14. The van der Waals surface area contributed by atoms with Crippen molar-refractivity contribution in [3.8, 4) is 12.3 Å². The van der Waals surface area contributed by atoms with Gasteiger partial charge in [0.05, 0.1) is 5.92 Å². The molecule has 0 aromatic carbocycles. The number of hydrogen-bond acceptors (Lipinski definition) is 1. The van der Waals surface area contributed by atoms with E-state index in [0.717, 1.165) is 12.0 Å². The van der Waals surface area contributed by atoms with Gasteiger partial charge in [0.1, 0.15) is 0 Å². The molecule has 0 spiro atoms. The predicted molar refractivity (Wildman–Crippen MR) is 41.9 cm³/mol. The Morgan fingerprint density at radius 3 is 2.91 bits per heavy atom. The Bertz CT molecular complexity index is 232. The molecule has 0 heterocycles. The molecule has 1 rings (SSSR count). The molecule has 0 saturated carbocycles. The van der Waals surface area contributed by atoms with E-state index in [2.05, 4.69) is 5.92 Å². The largest absolute Gasteiger partial charge is 0.481 e. The summed E-state index contributed by atoms with van der Waals surface area (Å²) in [6.07, 6.45) is 9.03. The molecule has 1 atom stereocenters. The first-order chi connectivity index (χ1) is 5.24. The van der Waals surface area contributed by atoms with Crippen LogP contribution >= 0.6 is 0 Å². The molecule has 0 fully saturated rings. The molecule has 0 saturated heterocycles. The van der Waals surface area contributed by atoms with Crippen molar-refractivity contribution in [1.29, 1.82) is 0 Å². The number of rotatable bonds is 1. The lowest BCUT2D eigenvalue weighted by molar-refractivity contribution is -0.141. The van der Waals surface area contributed by atoms with Crippen molar-refractivity contribution < 1.29 is 9.90 Å². The van der Waals surface area contributed by atoms with Crippen LogP contribution in [0, 0.1) is 18.3 Å². The zero-order valence-corrected chi connectivity index (χ0v) is 6.21. The third-order valence-corrected chi connectivity index (χ3v) is 1.95. The zero-order chi connectivity index (χ0) is 8.27. The maximum atomic E-state index is 10.5. The monoisotopic (exact) mass is 150 g/mol. The Morgan fingerprint density at radius 1 is 1.82 bits per heavy atom. The standard InChI is InChI=1S/C9H10O2/c1-2-7-3-5-8(6-4-7)9(10)11/h1,3,8H,4-6H2,(H,10,11). The lowest BCUT2D eigenvalue weighted by atomic mass is 9.90. The molecule has 1 aliphatic rings. The molecule has 2 nitrogen and oxygen atoms in total. The zero-order valence-electron chi connectivity index (χ0n) is 6.21. The average molecular weight is 150 g/mol. The summed E-state index contributed by atoms with van der Waals surface area (Å²) in [6.45, 7) is 0. The van der Waals surface area contributed by atoms with Gasteiger partial charge in [-0.05, 0) is 24.8 Å². The molecule has 11 heavy (non-hydrogen) atoms. The first kappa shape index (κ1) is 7.87. The number of aliphatic carboxylic acids is 1. The van der Waals surface area contributed by atoms with E-state index in [0.29, 0.717) is 12.8 Å². The molecule has 1 aliphatic carbocycles. The molecule has 2 heteroatoms. The van der Waals surface area contributed by atoms with E-state index in [9.17, 15) is 4.79 Å². The molecule has 1 unspecified atom stereocenters. The van der Waals surface area contributed by atoms with Gasteiger partial charge in [0.25, 0.3) is 0 Å². The lowest BCUT2D eigenvalue weighted by Crippen LogP contribution is -2.15. The van der Waals surface area contributed by atoms with E-state index < -0.39 is 5.97 Å². The molecule has 0 aromatic rings. The van der Waals surface area contributed by atoms with Gasteiger partial charge >= 0.3 is 5.97 Å². The minimum atomic E-state index is -0.711. The molecule has 0 amide bonds. The van der Waals surface area contributed by atoms with Gasteiger partial charge in [-0.15, -0.1) is 6.42 Å². The van der Waals surface area contributed by atoms with Crippen LogP contribution in [0.5, 0.6) is 0 Å². The van der Waals surface area contributed by atoms with Crippen LogP contribution in [0.15, 0.2) is 11.6 Å². The van der Waals surface area contributed by atoms with Crippen LogP contribution in [0.4, 0.5) is 0 Å². The average Bonchev–Trinajstić information content (AvgIpc) is 2.05. The van der Waals surface area contributed by atoms with E-state index in [1.54, 1.807) is 0 Å². The molecular weight excluding hydrogens is 140 g/mol. The maximum Gasteiger partial charge on any atom is 0.306 e. The highest BCUT2D eigenvalue weighted by atomic mass is 16.4. The quantitative estimate of drug-likeness (QED) is 0.574. The SMILES string of the molecule is C#CC1=CCC(C(=O)O)CC1. The van der Waals surface area contributed by atoms with E-state index in [4.69, 9.17) is 11.5 Å². The Labute approximate surface area is 65.9 Å². The number of hydrogen-bond donors (Lipinski definition) is 1. The summed E-state index contributed by atoms with van der Waals surface area (Å²) in [5.41, 5.74) is 0.947. The van der Waals surface area contributed by atoms with Crippen LogP contribution in [-0.4, -0.2) is 11.1 Å². The summed E-state index contributed by atoms with van der Waals surface area (Å²) in [5.74, 6) is 1.61. The Kier molecular flexibility index (Phi) is 2.32. The van der Waals surface area contributed by atoms with E-state index in [-0.39, 0.29) is 5.92 Å². The second-order valence-corrected chi connectivity index (χ2v) is 2.68. The summed E-state index contributed by atoms with van der Waals surface area (Å²) in [4.78, 5) is 10.5. The van der Waals surface area contributed by atoms with Gasteiger partial charge in [-0.3, -0.25) is 4.79 Å². The van der Waals surface area contributed by atoms with Gasteiger partial charge in [0, 0.05) is 0 Å². The third kappa shape index (κ3) is 1.84. The number of allylic oxidation sites excluding steroid dienone is 2. The van der Waals surface area contributed by atoms with Crippen LogP contribution in [0.1, 0.15) is 19.3 Å². The second-order valence-electron chi connectivity index (χ2n) is 2.68. The van der Waals surface area contributed by atoms with Gasteiger partial charge < -0.3 is 5.11 Å². The molecule has 0 aromatic heterocycles. The Morgan fingerprint density at radius 2 is 2.55 bits per heavy atom. The normalized spacial score (nSPS) is 23.5. The fourth-order valence-corrected chi connectivity index (χ4v) is 1.19. The molecule has 0 radical (unpaired) electrons. The van der Waals surface area contributed by atoms with Gasteiger partial charge in [0.15, 0.2) is 0 Å². The summed E-state index contributed by atoms with van der Waals surface area (Å²) >= 11 is 0. The fraction of sp³-hybridized carbons (Fsp3) is 0.444. The van der Waals surface area contributed by atoms with E-state index >= 15 is 0 Å². The molecule has 0 bridgehead atoms. The highest BCUT2D eigenvalue weighted by molar-refractivity contribution is 5.70. The number of carboxylic acids is 1. The van der Waals surface area contributed by atoms with Crippen LogP contribution in [0.2, 0.25) is 0 Å². The van der Waals surface area contributed by atoms with Gasteiger partial charge in [0.2, 0.25) is 0 Å². The molecule has 0 aliphatic heterocycles. The van der Waals surface area contributed by atoms with Crippen LogP contribution in [0.3, 0.4) is 0 Å².